The predicted octanol–water partition coefficient (Wildman–Crippen LogP) is 2.76. The molecule has 2 aliphatic heterocycles. The van der Waals surface area contributed by atoms with Crippen molar-refractivity contribution >= 4 is 39.9 Å². The summed E-state index contributed by atoms with van der Waals surface area (Å²) in [6, 6.07) is 6.24. The number of nitrogens with one attached hydrogen (secondary N) is 1. The fourth-order valence-electron chi connectivity index (χ4n) is 2.87. The van der Waals surface area contributed by atoms with Crippen molar-refractivity contribution < 1.29 is 4.79 Å². The van der Waals surface area contributed by atoms with E-state index in [1.165, 1.54) is 5.56 Å². The minimum absolute atomic E-state index is 0. The van der Waals surface area contributed by atoms with Gasteiger partial charge >= 0.3 is 0 Å². The highest BCUT2D eigenvalue weighted by atomic mass is 79.9. The summed E-state index contributed by atoms with van der Waals surface area (Å²) in [7, 11) is 0. The third kappa shape index (κ3) is 2.96. The van der Waals surface area contributed by atoms with E-state index in [2.05, 4.69) is 39.4 Å². The second-order valence-corrected chi connectivity index (χ2v) is 5.95. The summed E-state index contributed by atoms with van der Waals surface area (Å²) < 4.78 is 1.05. The molecule has 5 heteroatoms. The van der Waals surface area contributed by atoms with Crippen LogP contribution >= 0.6 is 28.3 Å². The van der Waals surface area contributed by atoms with E-state index < -0.39 is 0 Å². The third-order valence-corrected chi connectivity index (χ3v) is 4.39. The highest BCUT2D eigenvalue weighted by Crippen LogP contribution is 2.32. The monoisotopic (exact) mass is 344 g/mol. The van der Waals surface area contributed by atoms with Crippen LogP contribution < -0.4 is 10.2 Å². The number of anilines is 1. The zero-order chi connectivity index (χ0) is 12.5. The first-order chi connectivity index (χ1) is 8.75. The lowest BCUT2D eigenvalue weighted by atomic mass is 9.96. The van der Waals surface area contributed by atoms with Crippen LogP contribution in [-0.2, 0) is 11.2 Å². The summed E-state index contributed by atoms with van der Waals surface area (Å²) in [6.45, 7) is 2.78. The largest absolute Gasteiger partial charge is 0.317 e. The van der Waals surface area contributed by atoms with E-state index in [0.717, 1.165) is 49.1 Å². The van der Waals surface area contributed by atoms with Gasteiger partial charge in [-0.05, 0) is 50.0 Å². The first kappa shape index (κ1) is 14.8. The van der Waals surface area contributed by atoms with Crippen LogP contribution in [-0.4, -0.2) is 25.5 Å². The van der Waals surface area contributed by atoms with Gasteiger partial charge in [-0.3, -0.25) is 4.79 Å². The quantitative estimate of drug-likeness (QED) is 0.849. The SMILES string of the molecule is Cl.O=C(C1CCNCC1)N1CCc2ccc(Br)cc21. The topological polar surface area (TPSA) is 32.3 Å². The fraction of sp³-hybridized carbons (Fsp3) is 0.500. The molecular weight excluding hydrogens is 328 g/mol. The lowest BCUT2D eigenvalue weighted by Gasteiger charge is -2.27. The van der Waals surface area contributed by atoms with Gasteiger partial charge < -0.3 is 10.2 Å². The molecule has 0 unspecified atom stereocenters. The molecule has 0 aliphatic carbocycles. The van der Waals surface area contributed by atoms with E-state index >= 15 is 0 Å². The molecule has 2 heterocycles. The predicted molar refractivity (Wildman–Crippen MR) is 83.0 cm³/mol. The Hall–Kier alpha value is -0.580. The minimum atomic E-state index is 0. The molecule has 2 aliphatic rings. The summed E-state index contributed by atoms with van der Waals surface area (Å²) in [6.07, 6.45) is 2.93. The number of benzene rings is 1. The molecule has 0 bridgehead atoms. The van der Waals surface area contributed by atoms with Crippen LogP contribution in [0.2, 0.25) is 0 Å². The Bertz CT molecular complexity index is 475. The van der Waals surface area contributed by atoms with E-state index in [9.17, 15) is 4.79 Å². The van der Waals surface area contributed by atoms with Crippen molar-refractivity contribution in [3.05, 3.63) is 28.2 Å². The maximum absolute atomic E-state index is 12.6. The second-order valence-electron chi connectivity index (χ2n) is 5.04. The van der Waals surface area contributed by atoms with Crippen LogP contribution in [0.15, 0.2) is 22.7 Å². The molecule has 1 N–H and O–H groups in total. The number of nitrogens with zero attached hydrogens (tertiary/aromatic N) is 1. The molecule has 1 fully saturated rings. The first-order valence-electron chi connectivity index (χ1n) is 6.56. The Kier molecular flexibility index (Phi) is 4.87. The van der Waals surface area contributed by atoms with Gasteiger partial charge in [0.15, 0.2) is 0 Å². The Morgan fingerprint density at radius 3 is 2.79 bits per heavy atom. The highest BCUT2D eigenvalue weighted by molar-refractivity contribution is 9.10. The Labute approximate surface area is 128 Å². The molecule has 1 saturated heterocycles. The molecular formula is C14H18BrClN2O. The maximum Gasteiger partial charge on any atom is 0.230 e. The van der Waals surface area contributed by atoms with E-state index in [4.69, 9.17) is 0 Å². The molecule has 0 radical (unpaired) electrons. The normalized spacial score (nSPS) is 18.9. The summed E-state index contributed by atoms with van der Waals surface area (Å²) in [5, 5.41) is 3.31. The van der Waals surface area contributed by atoms with Crippen molar-refractivity contribution in [1.82, 2.24) is 5.32 Å². The zero-order valence-corrected chi connectivity index (χ0v) is 13.1. The van der Waals surface area contributed by atoms with Gasteiger partial charge in [0.05, 0.1) is 0 Å². The molecule has 0 spiro atoms. The number of carbonyl (C=O) groups excluding carboxylic acids is 1. The van der Waals surface area contributed by atoms with Gasteiger partial charge in [0, 0.05) is 22.6 Å². The van der Waals surface area contributed by atoms with Gasteiger partial charge in [-0.25, -0.2) is 0 Å². The summed E-state index contributed by atoms with van der Waals surface area (Å²) in [4.78, 5) is 14.5. The van der Waals surface area contributed by atoms with Crippen LogP contribution in [0.4, 0.5) is 5.69 Å². The number of halogens is 2. The number of piperidine rings is 1. The van der Waals surface area contributed by atoms with Gasteiger partial charge in [0.1, 0.15) is 0 Å². The van der Waals surface area contributed by atoms with Gasteiger partial charge in [-0.15, -0.1) is 12.4 Å². The van der Waals surface area contributed by atoms with Crippen LogP contribution in [0.3, 0.4) is 0 Å². The van der Waals surface area contributed by atoms with Crippen LogP contribution in [0.5, 0.6) is 0 Å². The van der Waals surface area contributed by atoms with E-state index in [1.54, 1.807) is 0 Å². The van der Waals surface area contributed by atoms with Crippen molar-refractivity contribution in [3.8, 4) is 0 Å². The second kappa shape index (κ2) is 6.25. The third-order valence-electron chi connectivity index (χ3n) is 3.90. The average Bonchev–Trinajstić information content (AvgIpc) is 2.82. The average molecular weight is 346 g/mol. The Morgan fingerprint density at radius 1 is 1.32 bits per heavy atom. The summed E-state index contributed by atoms with van der Waals surface area (Å²) >= 11 is 3.49. The zero-order valence-electron chi connectivity index (χ0n) is 10.7. The molecule has 3 rings (SSSR count). The van der Waals surface area contributed by atoms with Gasteiger partial charge in [-0.1, -0.05) is 22.0 Å². The molecule has 1 aromatic carbocycles. The first-order valence-corrected chi connectivity index (χ1v) is 7.35. The van der Waals surface area contributed by atoms with E-state index in [-0.39, 0.29) is 18.3 Å². The molecule has 1 aromatic rings. The Balaban J connectivity index is 0.00000133. The Morgan fingerprint density at radius 2 is 2.05 bits per heavy atom. The van der Waals surface area contributed by atoms with Crippen LogP contribution in [0.25, 0.3) is 0 Å². The van der Waals surface area contributed by atoms with E-state index in [1.807, 2.05) is 4.90 Å². The molecule has 3 nitrogen and oxygen atoms in total. The summed E-state index contributed by atoms with van der Waals surface area (Å²) in [5.74, 6) is 0.518. The van der Waals surface area contributed by atoms with Gasteiger partial charge in [-0.2, -0.15) is 0 Å². The smallest absolute Gasteiger partial charge is 0.230 e. The molecule has 1 amide bonds. The molecule has 0 aromatic heterocycles. The molecule has 0 saturated carbocycles. The number of carbonyl (C=O) groups is 1. The van der Waals surface area contributed by atoms with Crippen molar-refractivity contribution in [2.75, 3.05) is 24.5 Å². The minimum Gasteiger partial charge on any atom is -0.317 e. The van der Waals surface area contributed by atoms with Crippen molar-refractivity contribution in [1.29, 1.82) is 0 Å². The molecule has 19 heavy (non-hydrogen) atoms. The van der Waals surface area contributed by atoms with Gasteiger partial charge in [0.2, 0.25) is 5.91 Å². The van der Waals surface area contributed by atoms with Crippen molar-refractivity contribution in [2.24, 2.45) is 5.92 Å². The van der Waals surface area contributed by atoms with E-state index in [0.29, 0.717) is 5.91 Å². The van der Waals surface area contributed by atoms with Crippen LogP contribution in [0, 0.1) is 5.92 Å². The number of fused-ring (bicyclic) bond motifs is 1. The van der Waals surface area contributed by atoms with Crippen molar-refractivity contribution in [3.63, 3.8) is 0 Å². The number of hydrogen-bond donors (Lipinski definition) is 1. The standard InChI is InChI=1S/C14H17BrN2O.ClH/c15-12-2-1-10-5-8-17(13(10)9-12)14(18)11-3-6-16-7-4-11;/h1-2,9,11,16H,3-8H2;1H. The molecule has 0 atom stereocenters. The number of amides is 1. The highest BCUT2D eigenvalue weighted by Gasteiger charge is 2.30. The van der Waals surface area contributed by atoms with Gasteiger partial charge in [0.25, 0.3) is 0 Å². The molecule has 104 valence electrons. The number of rotatable bonds is 1. The maximum atomic E-state index is 12.6. The fourth-order valence-corrected chi connectivity index (χ4v) is 3.22. The van der Waals surface area contributed by atoms with Crippen molar-refractivity contribution in [2.45, 2.75) is 19.3 Å². The lowest BCUT2D eigenvalue weighted by Crippen LogP contribution is -2.40. The van der Waals surface area contributed by atoms with Crippen LogP contribution in [0.1, 0.15) is 18.4 Å². The number of hydrogen-bond acceptors (Lipinski definition) is 2. The summed E-state index contributed by atoms with van der Waals surface area (Å²) in [5.41, 5.74) is 2.40. The lowest BCUT2D eigenvalue weighted by molar-refractivity contribution is -0.123.